The molecule has 0 radical (unpaired) electrons. The van der Waals surface area contributed by atoms with Crippen molar-refractivity contribution in [1.29, 1.82) is 0 Å². The molecule has 1 saturated carbocycles. The zero-order valence-corrected chi connectivity index (χ0v) is 8.55. The quantitative estimate of drug-likeness (QED) is 0.607. The van der Waals surface area contributed by atoms with E-state index in [0.29, 0.717) is 11.8 Å². The van der Waals surface area contributed by atoms with Gasteiger partial charge in [0.2, 0.25) is 0 Å². The molecular weight excluding hydrogens is 160 g/mol. The first-order valence-corrected chi connectivity index (χ1v) is 4.83. The number of hydrogen-bond donors (Lipinski definition) is 0. The van der Waals surface area contributed by atoms with Gasteiger partial charge >= 0.3 is 0 Å². The first-order valence-electron chi connectivity index (χ1n) is 4.83. The first-order chi connectivity index (χ1) is 6.07. The lowest BCUT2D eigenvalue weighted by molar-refractivity contribution is -0.128. The second kappa shape index (κ2) is 3.49. The molecule has 2 atom stereocenters. The molecule has 0 amide bonds. The summed E-state index contributed by atoms with van der Waals surface area (Å²) in [4.78, 5) is 11.6. The summed E-state index contributed by atoms with van der Waals surface area (Å²) in [5.74, 6) is 0.917. The lowest BCUT2D eigenvalue weighted by Crippen LogP contribution is -2.34. The van der Waals surface area contributed by atoms with Gasteiger partial charge in [0.25, 0.3) is 0 Å². The zero-order chi connectivity index (χ0) is 10.1. The molecule has 1 aliphatic rings. The van der Waals surface area contributed by atoms with Crippen LogP contribution in [0.2, 0.25) is 0 Å². The van der Waals surface area contributed by atoms with Crippen LogP contribution in [0.4, 0.5) is 0 Å². The van der Waals surface area contributed by atoms with Gasteiger partial charge in [0, 0.05) is 5.41 Å². The van der Waals surface area contributed by atoms with Crippen molar-refractivity contribution in [2.45, 2.75) is 26.7 Å². The second-order valence-corrected chi connectivity index (χ2v) is 4.10. The molecular formula is C12H18O. The minimum absolute atomic E-state index is 0.247. The number of carbonyl (C=O) groups excluding carboxylic acids is 1. The summed E-state index contributed by atoms with van der Waals surface area (Å²) in [5.41, 5.74) is -0.247. The highest BCUT2D eigenvalue weighted by atomic mass is 16.1. The van der Waals surface area contributed by atoms with E-state index in [1.807, 2.05) is 19.1 Å². The Morgan fingerprint density at radius 3 is 1.92 bits per heavy atom. The molecule has 1 heteroatoms. The van der Waals surface area contributed by atoms with Gasteiger partial charge in [-0.3, -0.25) is 4.79 Å². The molecule has 0 aliphatic heterocycles. The Labute approximate surface area is 80.5 Å². The average molecular weight is 178 g/mol. The van der Waals surface area contributed by atoms with E-state index in [0.717, 1.165) is 12.8 Å². The van der Waals surface area contributed by atoms with Crippen LogP contribution in [0.1, 0.15) is 26.7 Å². The number of ketones is 1. The fourth-order valence-corrected chi connectivity index (χ4v) is 2.48. The van der Waals surface area contributed by atoms with Crippen LogP contribution in [0.25, 0.3) is 0 Å². The van der Waals surface area contributed by atoms with Gasteiger partial charge in [0.05, 0.1) is 0 Å². The van der Waals surface area contributed by atoms with Crippen LogP contribution in [0, 0.1) is 17.3 Å². The van der Waals surface area contributed by atoms with Crippen LogP contribution >= 0.6 is 0 Å². The van der Waals surface area contributed by atoms with E-state index in [4.69, 9.17) is 0 Å². The Bertz CT molecular complexity index is 224. The van der Waals surface area contributed by atoms with Crippen LogP contribution < -0.4 is 0 Å². The standard InChI is InChI=1S/C12H18O/c1-5-10-7-8-11(6-2)12(10,4)9(3)13/h5-6,10-11H,1-2,7-8H2,3-4H3. The predicted molar refractivity (Wildman–Crippen MR) is 55.4 cm³/mol. The Morgan fingerprint density at radius 1 is 1.31 bits per heavy atom. The maximum atomic E-state index is 11.6. The third kappa shape index (κ3) is 1.37. The Morgan fingerprint density at radius 2 is 1.69 bits per heavy atom. The second-order valence-electron chi connectivity index (χ2n) is 4.10. The van der Waals surface area contributed by atoms with Gasteiger partial charge in [-0.05, 0) is 31.6 Å². The fraction of sp³-hybridized carbons (Fsp3) is 0.583. The van der Waals surface area contributed by atoms with E-state index < -0.39 is 0 Å². The molecule has 2 unspecified atom stereocenters. The molecule has 0 aromatic heterocycles. The summed E-state index contributed by atoms with van der Waals surface area (Å²) < 4.78 is 0. The maximum absolute atomic E-state index is 11.6. The number of hydrogen-bond acceptors (Lipinski definition) is 1. The van der Waals surface area contributed by atoms with E-state index >= 15 is 0 Å². The molecule has 0 heterocycles. The third-order valence-corrected chi connectivity index (χ3v) is 3.66. The molecule has 0 saturated heterocycles. The molecule has 0 spiro atoms. The van der Waals surface area contributed by atoms with Gasteiger partial charge in [-0.15, -0.1) is 13.2 Å². The zero-order valence-electron chi connectivity index (χ0n) is 8.55. The van der Waals surface area contributed by atoms with E-state index in [1.165, 1.54) is 0 Å². The molecule has 72 valence electrons. The van der Waals surface area contributed by atoms with Crippen molar-refractivity contribution in [3.05, 3.63) is 25.3 Å². The van der Waals surface area contributed by atoms with Gasteiger partial charge in [-0.25, -0.2) is 0 Å². The van der Waals surface area contributed by atoms with E-state index in [-0.39, 0.29) is 11.2 Å². The van der Waals surface area contributed by atoms with Crippen LogP contribution in [-0.4, -0.2) is 5.78 Å². The van der Waals surface area contributed by atoms with Gasteiger partial charge in [-0.2, -0.15) is 0 Å². The van der Waals surface area contributed by atoms with Crippen LogP contribution in [-0.2, 0) is 4.79 Å². The van der Waals surface area contributed by atoms with Crippen molar-refractivity contribution in [3.63, 3.8) is 0 Å². The summed E-state index contributed by atoms with van der Waals surface area (Å²) in [7, 11) is 0. The highest BCUT2D eigenvalue weighted by Crippen LogP contribution is 2.49. The summed E-state index contributed by atoms with van der Waals surface area (Å²) in [6.45, 7) is 11.3. The SMILES string of the molecule is C=CC1CCC(C=C)C1(C)C(C)=O. The summed E-state index contributed by atoms with van der Waals surface area (Å²) >= 11 is 0. The molecule has 1 rings (SSSR count). The fourth-order valence-electron chi connectivity index (χ4n) is 2.48. The number of rotatable bonds is 3. The highest BCUT2D eigenvalue weighted by Gasteiger charge is 2.47. The predicted octanol–water partition coefficient (Wildman–Crippen LogP) is 2.98. The molecule has 1 nitrogen and oxygen atoms in total. The van der Waals surface area contributed by atoms with Crippen molar-refractivity contribution >= 4 is 5.78 Å². The normalized spacial score (nSPS) is 38.6. The molecule has 1 aliphatic carbocycles. The number of carbonyl (C=O) groups is 1. The smallest absolute Gasteiger partial charge is 0.136 e. The van der Waals surface area contributed by atoms with E-state index in [2.05, 4.69) is 13.2 Å². The van der Waals surface area contributed by atoms with Crippen molar-refractivity contribution in [2.75, 3.05) is 0 Å². The third-order valence-electron chi connectivity index (χ3n) is 3.66. The monoisotopic (exact) mass is 178 g/mol. The summed E-state index contributed by atoms with van der Waals surface area (Å²) in [6.07, 6.45) is 5.97. The minimum atomic E-state index is -0.247. The van der Waals surface area contributed by atoms with Crippen LogP contribution in [0.5, 0.6) is 0 Å². The van der Waals surface area contributed by atoms with Gasteiger partial charge in [0.1, 0.15) is 5.78 Å². The molecule has 0 aromatic rings. The minimum Gasteiger partial charge on any atom is -0.299 e. The van der Waals surface area contributed by atoms with Crippen molar-refractivity contribution in [1.82, 2.24) is 0 Å². The van der Waals surface area contributed by atoms with Crippen molar-refractivity contribution in [2.24, 2.45) is 17.3 Å². The topological polar surface area (TPSA) is 17.1 Å². The molecule has 1 fully saturated rings. The van der Waals surface area contributed by atoms with Gasteiger partial charge in [-0.1, -0.05) is 19.1 Å². The molecule has 13 heavy (non-hydrogen) atoms. The lowest BCUT2D eigenvalue weighted by atomic mass is 9.71. The highest BCUT2D eigenvalue weighted by molar-refractivity contribution is 5.83. The average Bonchev–Trinajstić information content (AvgIpc) is 2.43. The summed E-state index contributed by atoms with van der Waals surface area (Å²) in [6, 6.07) is 0. The van der Waals surface area contributed by atoms with Crippen LogP contribution in [0.15, 0.2) is 25.3 Å². The summed E-state index contributed by atoms with van der Waals surface area (Å²) in [5, 5.41) is 0. The van der Waals surface area contributed by atoms with Gasteiger partial charge < -0.3 is 0 Å². The number of allylic oxidation sites excluding steroid dienone is 2. The van der Waals surface area contributed by atoms with Crippen molar-refractivity contribution < 1.29 is 4.79 Å². The Kier molecular flexibility index (Phi) is 2.74. The largest absolute Gasteiger partial charge is 0.299 e. The van der Waals surface area contributed by atoms with Crippen molar-refractivity contribution in [3.8, 4) is 0 Å². The number of Topliss-reactive ketones (excluding diaryl/α,β-unsaturated/α-hetero) is 1. The van der Waals surface area contributed by atoms with Gasteiger partial charge in [0.15, 0.2) is 0 Å². The maximum Gasteiger partial charge on any atom is 0.136 e. The Hall–Kier alpha value is -0.850. The molecule has 0 N–H and O–H groups in total. The first kappa shape index (κ1) is 10.2. The molecule has 0 bridgehead atoms. The van der Waals surface area contributed by atoms with E-state index in [9.17, 15) is 4.79 Å². The lowest BCUT2D eigenvalue weighted by Gasteiger charge is -2.31. The van der Waals surface area contributed by atoms with Crippen LogP contribution in [0.3, 0.4) is 0 Å². The Balaban J connectivity index is 3.03. The molecule has 0 aromatic carbocycles. The van der Waals surface area contributed by atoms with E-state index in [1.54, 1.807) is 6.92 Å².